The van der Waals surface area contributed by atoms with E-state index >= 15 is 0 Å². The van der Waals surface area contributed by atoms with Crippen molar-refractivity contribution < 1.29 is 8.78 Å². The lowest BCUT2D eigenvalue weighted by Gasteiger charge is -2.15. The number of hydrogen-bond donors (Lipinski definition) is 0. The van der Waals surface area contributed by atoms with Crippen LogP contribution in [0.4, 0.5) is 8.78 Å². The lowest BCUT2D eigenvalue weighted by Crippen LogP contribution is -2.41. The highest BCUT2D eigenvalue weighted by Crippen LogP contribution is 2.16. The molecule has 0 bridgehead atoms. The number of imidazole rings is 1. The molecule has 29 heavy (non-hydrogen) atoms. The van der Waals surface area contributed by atoms with E-state index in [1.807, 2.05) is 0 Å². The van der Waals surface area contributed by atoms with Crippen LogP contribution in [0.2, 0.25) is 0 Å². The van der Waals surface area contributed by atoms with E-state index in [0.717, 1.165) is 10.1 Å². The van der Waals surface area contributed by atoms with Gasteiger partial charge >= 0.3 is 5.69 Å². The Hall–Kier alpha value is -3.55. The smallest absolute Gasteiger partial charge is 0.320 e. The summed E-state index contributed by atoms with van der Waals surface area (Å²) >= 11 is 0. The second-order valence-corrected chi connectivity index (χ2v) is 7.04. The molecule has 0 spiro atoms. The summed E-state index contributed by atoms with van der Waals surface area (Å²) < 4.78 is 31.0. The molecule has 2 heterocycles. The predicted molar refractivity (Wildman–Crippen MR) is 105 cm³/mol. The fraction of sp³-hybridized carbons (Fsp3) is 0.190. The van der Waals surface area contributed by atoms with Crippen LogP contribution in [0, 0.1) is 11.6 Å². The van der Waals surface area contributed by atoms with Gasteiger partial charge in [-0.15, -0.1) is 0 Å². The van der Waals surface area contributed by atoms with Gasteiger partial charge in [-0.3, -0.25) is 9.36 Å². The highest BCUT2D eigenvalue weighted by Gasteiger charge is 2.20. The second kappa shape index (κ2) is 7.12. The summed E-state index contributed by atoms with van der Waals surface area (Å²) in [7, 11) is 0. The van der Waals surface area contributed by atoms with Crippen LogP contribution >= 0.6 is 0 Å². The van der Waals surface area contributed by atoms with Crippen molar-refractivity contribution >= 4 is 11.2 Å². The first kappa shape index (κ1) is 18.8. The molecule has 0 amide bonds. The van der Waals surface area contributed by atoms with Crippen molar-refractivity contribution in [3.8, 4) is 5.69 Å². The molecule has 0 aliphatic rings. The summed E-state index contributed by atoms with van der Waals surface area (Å²) in [6.07, 6.45) is 1.45. The normalized spacial score (nSPS) is 11.5. The maximum atomic E-state index is 13.8. The van der Waals surface area contributed by atoms with Crippen LogP contribution in [0.25, 0.3) is 16.9 Å². The molecule has 0 fully saturated rings. The fourth-order valence-corrected chi connectivity index (χ4v) is 3.36. The van der Waals surface area contributed by atoms with E-state index in [0.29, 0.717) is 0 Å². The van der Waals surface area contributed by atoms with Gasteiger partial charge in [0.2, 0.25) is 0 Å². The third kappa shape index (κ3) is 3.26. The zero-order valence-corrected chi connectivity index (χ0v) is 15.8. The first-order valence-electron chi connectivity index (χ1n) is 9.09. The molecule has 4 aromatic rings. The average Bonchev–Trinajstić information content (AvgIpc) is 3.07. The maximum absolute atomic E-state index is 13.8. The number of rotatable bonds is 4. The van der Waals surface area contributed by atoms with E-state index in [-0.39, 0.29) is 29.2 Å². The van der Waals surface area contributed by atoms with E-state index < -0.39 is 23.1 Å². The lowest BCUT2D eigenvalue weighted by atomic mass is 10.2. The minimum Gasteiger partial charge on any atom is -0.320 e. The van der Waals surface area contributed by atoms with Gasteiger partial charge in [0.05, 0.1) is 12.0 Å². The van der Waals surface area contributed by atoms with Gasteiger partial charge in [-0.1, -0.05) is 18.2 Å². The molecule has 0 saturated heterocycles. The highest BCUT2D eigenvalue weighted by atomic mass is 19.1. The number of hydrogen-bond acceptors (Lipinski definition) is 3. The standard InChI is InChI=1S/C21H18F2N4O2/c1-13(2)26-20(28)18-19(27(21(26)29)17-5-3-4-16(23)10-17)24-12-25(18)11-14-6-8-15(22)9-7-14/h3-10,12-13H,11H2,1-2H3. The van der Waals surface area contributed by atoms with Gasteiger partial charge in [0.15, 0.2) is 11.2 Å². The van der Waals surface area contributed by atoms with Crippen molar-refractivity contribution in [1.29, 1.82) is 0 Å². The van der Waals surface area contributed by atoms with Gasteiger partial charge < -0.3 is 4.57 Å². The minimum atomic E-state index is -0.588. The van der Waals surface area contributed by atoms with E-state index in [1.54, 1.807) is 36.6 Å². The molecule has 0 radical (unpaired) electrons. The average molecular weight is 396 g/mol. The Morgan fingerprint density at radius 1 is 1.00 bits per heavy atom. The molecule has 0 saturated carbocycles. The molecular weight excluding hydrogens is 378 g/mol. The predicted octanol–water partition coefficient (Wildman–Crippen LogP) is 3.26. The number of fused-ring (bicyclic) bond motifs is 1. The molecule has 2 aromatic carbocycles. The van der Waals surface area contributed by atoms with Crippen LogP contribution in [-0.2, 0) is 6.54 Å². The van der Waals surface area contributed by atoms with E-state index in [4.69, 9.17) is 0 Å². The summed E-state index contributed by atoms with van der Waals surface area (Å²) in [5.41, 5.74) is 0.338. The fourth-order valence-electron chi connectivity index (χ4n) is 3.36. The molecule has 0 unspecified atom stereocenters. The molecule has 0 atom stereocenters. The molecule has 4 rings (SSSR count). The van der Waals surface area contributed by atoms with E-state index in [2.05, 4.69) is 4.98 Å². The Labute approximate surface area is 164 Å². The number of benzene rings is 2. The zero-order chi connectivity index (χ0) is 20.7. The monoisotopic (exact) mass is 396 g/mol. The Morgan fingerprint density at radius 2 is 1.72 bits per heavy atom. The van der Waals surface area contributed by atoms with Crippen LogP contribution in [0.1, 0.15) is 25.5 Å². The molecule has 148 valence electrons. The zero-order valence-electron chi connectivity index (χ0n) is 15.8. The molecule has 0 aliphatic heterocycles. The number of nitrogens with zero attached hydrogens (tertiary/aromatic N) is 4. The second-order valence-electron chi connectivity index (χ2n) is 7.04. The third-order valence-electron chi connectivity index (χ3n) is 4.70. The third-order valence-corrected chi connectivity index (χ3v) is 4.70. The first-order chi connectivity index (χ1) is 13.9. The SMILES string of the molecule is CC(C)n1c(=O)c2c(ncn2Cc2ccc(F)cc2)n(-c2cccc(F)c2)c1=O. The molecule has 0 aliphatic carbocycles. The number of halogens is 2. The van der Waals surface area contributed by atoms with E-state index in [9.17, 15) is 18.4 Å². The van der Waals surface area contributed by atoms with Crippen LogP contribution in [0.15, 0.2) is 64.4 Å². The van der Waals surface area contributed by atoms with Crippen molar-refractivity contribution in [3.05, 3.63) is 92.9 Å². The molecule has 2 aromatic heterocycles. The lowest BCUT2D eigenvalue weighted by molar-refractivity contribution is 0.538. The van der Waals surface area contributed by atoms with Crippen molar-refractivity contribution in [3.63, 3.8) is 0 Å². The highest BCUT2D eigenvalue weighted by molar-refractivity contribution is 5.72. The Balaban J connectivity index is 2.01. The molecule has 6 nitrogen and oxygen atoms in total. The summed E-state index contributed by atoms with van der Waals surface area (Å²) in [5.74, 6) is -0.859. The van der Waals surface area contributed by atoms with E-state index in [1.165, 1.54) is 41.2 Å². The molecule has 0 N–H and O–H groups in total. The van der Waals surface area contributed by atoms with Gasteiger partial charge in [-0.25, -0.2) is 23.1 Å². The van der Waals surface area contributed by atoms with Gasteiger partial charge in [-0.05, 0) is 49.7 Å². The minimum absolute atomic E-state index is 0.143. The van der Waals surface area contributed by atoms with Crippen molar-refractivity contribution in [2.24, 2.45) is 0 Å². The topological polar surface area (TPSA) is 61.8 Å². The van der Waals surface area contributed by atoms with Crippen molar-refractivity contribution in [2.45, 2.75) is 26.4 Å². The van der Waals surface area contributed by atoms with Gasteiger partial charge in [0, 0.05) is 12.6 Å². The van der Waals surface area contributed by atoms with Gasteiger partial charge in [0.25, 0.3) is 5.56 Å². The molecule has 8 heteroatoms. The summed E-state index contributed by atoms with van der Waals surface area (Å²) in [5, 5.41) is 0. The molecular formula is C21H18F2N4O2. The maximum Gasteiger partial charge on any atom is 0.337 e. The van der Waals surface area contributed by atoms with Crippen molar-refractivity contribution in [2.75, 3.05) is 0 Å². The van der Waals surface area contributed by atoms with Gasteiger partial charge in [0.1, 0.15) is 11.6 Å². The Kier molecular flexibility index (Phi) is 4.62. The Bertz CT molecular complexity index is 1320. The largest absolute Gasteiger partial charge is 0.337 e. The Morgan fingerprint density at radius 3 is 2.38 bits per heavy atom. The van der Waals surface area contributed by atoms with Crippen LogP contribution in [0.5, 0.6) is 0 Å². The summed E-state index contributed by atoms with van der Waals surface area (Å²) in [6, 6.07) is 11.1. The van der Waals surface area contributed by atoms with Crippen LogP contribution in [0.3, 0.4) is 0 Å². The first-order valence-corrected chi connectivity index (χ1v) is 9.09. The van der Waals surface area contributed by atoms with Gasteiger partial charge in [-0.2, -0.15) is 0 Å². The summed E-state index contributed by atoms with van der Waals surface area (Å²) in [4.78, 5) is 30.5. The van der Waals surface area contributed by atoms with Crippen LogP contribution in [-0.4, -0.2) is 18.7 Å². The van der Waals surface area contributed by atoms with Crippen molar-refractivity contribution in [1.82, 2.24) is 18.7 Å². The number of aromatic nitrogens is 4. The summed E-state index contributed by atoms with van der Waals surface area (Å²) in [6.45, 7) is 3.72. The quantitative estimate of drug-likeness (QED) is 0.532. The van der Waals surface area contributed by atoms with Crippen LogP contribution < -0.4 is 11.2 Å².